The second kappa shape index (κ2) is 16.1. The van der Waals surface area contributed by atoms with Crippen molar-refractivity contribution in [1.82, 2.24) is 19.8 Å². The average molecular weight is 703 g/mol. The number of anilines is 2. The van der Waals surface area contributed by atoms with Crippen LogP contribution >= 0.6 is 0 Å². The van der Waals surface area contributed by atoms with Crippen LogP contribution in [0.2, 0.25) is 0 Å². The highest BCUT2D eigenvalue weighted by Gasteiger charge is 2.33. The number of carbonyl (C=O) groups is 1. The van der Waals surface area contributed by atoms with Crippen molar-refractivity contribution in [3.05, 3.63) is 83.6 Å². The molecule has 3 aliphatic heterocycles. The molecule has 4 heterocycles. The standard InChI is InChI=1S/C38H44F2N6O5/c1-48-26-51-29-20-28-10-5-6-11-30(28)35(21-29)46-14-12-31-34(24-46)41-37(49-19-7-13-43-22-32(39)33(40)23-43)42-36(31)44-15-17-45(18-16-44)38(47)50-25-27-8-3-2-4-9-27/h2-6,8-11,20-21,32-33H,7,12-19,22-26H2,1H3/t32-,33+. The number of rotatable bonds is 12. The largest absolute Gasteiger partial charge is 0.467 e. The Morgan fingerprint density at radius 3 is 2.43 bits per heavy atom. The van der Waals surface area contributed by atoms with Gasteiger partial charge in [-0.3, -0.25) is 4.90 Å². The number of nitrogens with zero attached hydrogens (tertiary/aromatic N) is 6. The first-order valence-electron chi connectivity index (χ1n) is 17.6. The number of piperazine rings is 1. The van der Waals surface area contributed by atoms with Crippen LogP contribution in [0.4, 0.5) is 25.1 Å². The molecule has 0 spiro atoms. The number of hydrogen-bond acceptors (Lipinski definition) is 10. The molecule has 2 fully saturated rings. The van der Waals surface area contributed by atoms with E-state index in [0.717, 1.165) is 51.4 Å². The lowest BCUT2D eigenvalue weighted by atomic mass is 10.0. The number of carbonyl (C=O) groups excluding carboxylic acids is 1. The SMILES string of the molecule is COCOc1cc(N2CCc3c(nc(OCCCN4C[C@@H](F)[C@@H](F)C4)nc3N3CCN(C(=O)OCc4ccccc4)CC3)C2)c2ccccc2c1. The maximum absolute atomic E-state index is 13.7. The van der Waals surface area contributed by atoms with Gasteiger partial charge in [0.05, 0.1) is 18.8 Å². The number of alkyl halides is 2. The van der Waals surface area contributed by atoms with Gasteiger partial charge < -0.3 is 33.6 Å². The van der Waals surface area contributed by atoms with Gasteiger partial charge in [-0.1, -0.05) is 54.6 Å². The summed E-state index contributed by atoms with van der Waals surface area (Å²) in [4.78, 5) is 30.8. The molecule has 0 aliphatic carbocycles. The number of amides is 1. The smallest absolute Gasteiger partial charge is 0.410 e. The molecule has 51 heavy (non-hydrogen) atoms. The van der Waals surface area contributed by atoms with Crippen LogP contribution in [0.15, 0.2) is 66.7 Å². The number of hydrogen-bond donors (Lipinski definition) is 0. The monoisotopic (exact) mass is 702 g/mol. The van der Waals surface area contributed by atoms with Gasteiger partial charge in [-0.15, -0.1) is 0 Å². The van der Waals surface area contributed by atoms with Crippen molar-refractivity contribution in [3.8, 4) is 11.8 Å². The molecule has 3 aromatic carbocycles. The number of aromatic nitrogens is 2. The van der Waals surface area contributed by atoms with Gasteiger partial charge in [0, 0.05) is 82.2 Å². The third kappa shape index (κ3) is 8.26. The van der Waals surface area contributed by atoms with Crippen LogP contribution in [0.1, 0.15) is 23.2 Å². The van der Waals surface area contributed by atoms with E-state index in [9.17, 15) is 13.6 Å². The first-order valence-corrected chi connectivity index (χ1v) is 17.6. The molecular weight excluding hydrogens is 658 g/mol. The summed E-state index contributed by atoms with van der Waals surface area (Å²) in [7, 11) is 1.60. The van der Waals surface area contributed by atoms with Gasteiger partial charge >= 0.3 is 12.1 Å². The molecule has 0 N–H and O–H groups in total. The van der Waals surface area contributed by atoms with Gasteiger partial charge in [-0.25, -0.2) is 13.6 Å². The van der Waals surface area contributed by atoms with E-state index in [0.29, 0.717) is 58.7 Å². The van der Waals surface area contributed by atoms with Gasteiger partial charge in [-0.2, -0.15) is 9.97 Å². The summed E-state index contributed by atoms with van der Waals surface area (Å²) >= 11 is 0. The minimum Gasteiger partial charge on any atom is -0.467 e. The molecule has 1 aromatic heterocycles. The molecule has 2 saturated heterocycles. The van der Waals surface area contributed by atoms with E-state index in [2.05, 4.69) is 21.9 Å². The second-order valence-corrected chi connectivity index (χ2v) is 13.1. The summed E-state index contributed by atoms with van der Waals surface area (Å²) in [5, 5.41) is 2.18. The maximum atomic E-state index is 13.7. The zero-order chi connectivity index (χ0) is 35.2. The number of methoxy groups -OCH3 is 1. The molecule has 3 aliphatic rings. The number of likely N-dealkylation sites (tertiary alicyclic amines) is 1. The van der Waals surface area contributed by atoms with E-state index in [-0.39, 0.29) is 38.6 Å². The summed E-state index contributed by atoms with van der Waals surface area (Å²) in [6.07, 6.45) is -1.90. The molecule has 11 nitrogen and oxygen atoms in total. The second-order valence-electron chi connectivity index (χ2n) is 13.1. The number of fused-ring (bicyclic) bond motifs is 2. The minimum atomic E-state index is -1.43. The van der Waals surface area contributed by atoms with Crippen LogP contribution in [0.25, 0.3) is 10.8 Å². The Morgan fingerprint density at radius 2 is 1.65 bits per heavy atom. The number of benzene rings is 3. The van der Waals surface area contributed by atoms with Gasteiger partial charge in [0.2, 0.25) is 0 Å². The van der Waals surface area contributed by atoms with Crippen LogP contribution in [0.3, 0.4) is 0 Å². The van der Waals surface area contributed by atoms with Gasteiger partial charge in [0.15, 0.2) is 6.79 Å². The quantitative estimate of drug-likeness (QED) is 0.141. The van der Waals surface area contributed by atoms with Crippen molar-refractivity contribution in [2.75, 3.05) is 82.7 Å². The third-order valence-electron chi connectivity index (χ3n) is 9.67. The summed E-state index contributed by atoms with van der Waals surface area (Å²) in [5.74, 6) is 1.54. The van der Waals surface area contributed by atoms with Gasteiger partial charge in [-0.05, 0) is 29.9 Å². The topological polar surface area (TPSA) is 92.7 Å². The maximum Gasteiger partial charge on any atom is 0.410 e. The highest BCUT2D eigenvalue weighted by molar-refractivity contribution is 5.95. The normalized spacial score (nSPS) is 19.3. The van der Waals surface area contributed by atoms with Crippen LogP contribution in [0, 0.1) is 0 Å². The van der Waals surface area contributed by atoms with Gasteiger partial charge in [0.25, 0.3) is 0 Å². The Morgan fingerprint density at radius 1 is 0.882 bits per heavy atom. The summed E-state index contributed by atoms with van der Waals surface area (Å²) in [6, 6.07) is 22.2. The number of ether oxygens (including phenoxy) is 4. The molecule has 0 bridgehead atoms. The van der Waals surface area contributed by atoms with Crippen LogP contribution in [-0.2, 0) is 29.0 Å². The van der Waals surface area contributed by atoms with Crippen molar-refractivity contribution in [3.63, 3.8) is 0 Å². The van der Waals surface area contributed by atoms with E-state index < -0.39 is 12.3 Å². The van der Waals surface area contributed by atoms with Crippen molar-refractivity contribution in [1.29, 1.82) is 0 Å². The Kier molecular flexibility index (Phi) is 10.9. The Hall–Kier alpha value is -4.75. The molecule has 7 rings (SSSR count). The van der Waals surface area contributed by atoms with E-state index in [1.54, 1.807) is 16.9 Å². The van der Waals surface area contributed by atoms with E-state index in [1.165, 1.54) is 0 Å². The van der Waals surface area contributed by atoms with Crippen molar-refractivity contribution < 1.29 is 32.5 Å². The Balaban J connectivity index is 1.08. The fourth-order valence-corrected chi connectivity index (χ4v) is 7.00. The molecule has 2 atom stereocenters. The molecule has 270 valence electrons. The first-order chi connectivity index (χ1) is 24.9. The van der Waals surface area contributed by atoms with Crippen molar-refractivity contribution in [2.45, 2.75) is 38.3 Å². The summed E-state index contributed by atoms with van der Waals surface area (Å²) in [5.41, 5.74) is 3.92. The third-order valence-corrected chi connectivity index (χ3v) is 9.67. The number of halogens is 2. The van der Waals surface area contributed by atoms with Crippen molar-refractivity contribution >= 4 is 28.4 Å². The van der Waals surface area contributed by atoms with Gasteiger partial charge in [0.1, 0.15) is 30.5 Å². The summed E-state index contributed by atoms with van der Waals surface area (Å²) < 4.78 is 50.1. The molecule has 0 radical (unpaired) electrons. The minimum absolute atomic E-state index is 0.106. The lowest BCUT2D eigenvalue weighted by Gasteiger charge is -2.38. The molecule has 1 amide bonds. The average Bonchev–Trinajstić information content (AvgIpc) is 3.50. The Bertz CT molecular complexity index is 1780. The molecular formula is C38H44F2N6O5. The Labute approximate surface area is 296 Å². The van der Waals surface area contributed by atoms with Crippen LogP contribution < -0.4 is 19.3 Å². The van der Waals surface area contributed by atoms with E-state index in [1.807, 2.05) is 54.6 Å². The van der Waals surface area contributed by atoms with Crippen LogP contribution in [-0.4, -0.2) is 111 Å². The van der Waals surface area contributed by atoms with Crippen molar-refractivity contribution in [2.24, 2.45) is 0 Å². The van der Waals surface area contributed by atoms with Crippen LogP contribution in [0.5, 0.6) is 11.8 Å². The highest BCUT2D eigenvalue weighted by Crippen LogP contribution is 2.37. The molecule has 13 heteroatoms. The fraction of sp³-hybridized carbons (Fsp3) is 0.447. The lowest BCUT2D eigenvalue weighted by Crippen LogP contribution is -2.49. The molecule has 0 saturated carbocycles. The lowest BCUT2D eigenvalue weighted by molar-refractivity contribution is 0.0512. The zero-order valence-electron chi connectivity index (χ0n) is 28.9. The fourth-order valence-electron chi connectivity index (χ4n) is 7.00. The summed E-state index contributed by atoms with van der Waals surface area (Å²) in [6.45, 7) is 4.88. The van der Waals surface area contributed by atoms with E-state index in [4.69, 9.17) is 28.9 Å². The molecule has 0 unspecified atom stereocenters. The van der Waals surface area contributed by atoms with E-state index >= 15 is 0 Å². The first kappa shape index (κ1) is 34.7. The predicted molar refractivity (Wildman–Crippen MR) is 190 cm³/mol. The predicted octanol–water partition coefficient (Wildman–Crippen LogP) is 5.39. The highest BCUT2D eigenvalue weighted by atomic mass is 19.2. The zero-order valence-corrected chi connectivity index (χ0v) is 28.9. The molecule has 4 aromatic rings.